The third kappa shape index (κ3) is 7.40. The van der Waals surface area contributed by atoms with E-state index in [0.29, 0.717) is 12.5 Å². The Morgan fingerprint density at radius 1 is 1.39 bits per heavy atom. The molecule has 0 bridgehead atoms. The zero-order valence-corrected chi connectivity index (χ0v) is 14.6. The summed E-state index contributed by atoms with van der Waals surface area (Å²) in [6.07, 6.45) is 3.12. The monoisotopic (exact) mass is 389 g/mol. The fourth-order valence-corrected chi connectivity index (χ4v) is 3.25. The first-order chi connectivity index (χ1) is 7.52. The molecule has 0 aromatic carbocycles. The van der Waals surface area contributed by atoms with Gasteiger partial charge < -0.3 is 11.1 Å². The molecular weight excluding hydrogens is 365 g/mol. The molecule has 0 saturated heterocycles. The van der Waals surface area contributed by atoms with Gasteiger partial charge in [-0.05, 0) is 33.6 Å². The van der Waals surface area contributed by atoms with E-state index in [-0.39, 0.29) is 40.7 Å². The lowest BCUT2D eigenvalue weighted by Crippen LogP contribution is -2.45. The minimum absolute atomic E-state index is 0. The Balaban J connectivity index is 0.00000289. The van der Waals surface area contributed by atoms with E-state index in [1.165, 1.54) is 6.26 Å². The Morgan fingerprint density at radius 2 is 1.89 bits per heavy atom. The predicted octanol–water partition coefficient (Wildman–Crippen LogP) is 1.13. The van der Waals surface area contributed by atoms with E-state index in [0.717, 1.165) is 12.8 Å². The van der Waals surface area contributed by atoms with Crippen molar-refractivity contribution in [3.05, 3.63) is 0 Å². The van der Waals surface area contributed by atoms with Crippen LogP contribution >= 0.6 is 24.0 Å². The number of sulfone groups is 1. The molecule has 0 atom stereocenters. The van der Waals surface area contributed by atoms with Gasteiger partial charge in [-0.2, -0.15) is 0 Å². The van der Waals surface area contributed by atoms with Gasteiger partial charge in [0.05, 0.1) is 5.75 Å². The van der Waals surface area contributed by atoms with Crippen LogP contribution in [0.2, 0.25) is 0 Å². The van der Waals surface area contributed by atoms with Gasteiger partial charge in [-0.25, -0.2) is 8.42 Å². The van der Waals surface area contributed by atoms with Gasteiger partial charge in [0, 0.05) is 23.8 Å². The van der Waals surface area contributed by atoms with Crippen LogP contribution in [0.1, 0.15) is 33.6 Å². The first-order valence-electron chi connectivity index (χ1n) is 5.77. The van der Waals surface area contributed by atoms with Crippen molar-refractivity contribution in [2.24, 2.45) is 16.1 Å². The number of rotatable bonds is 4. The summed E-state index contributed by atoms with van der Waals surface area (Å²) in [5, 5.41) is 3.06. The summed E-state index contributed by atoms with van der Waals surface area (Å²) in [6.45, 7) is 6.49. The number of hydrogen-bond donors (Lipinski definition) is 2. The topological polar surface area (TPSA) is 84.5 Å². The number of nitrogens with zero attached hydrogens (tertiary/aromatic N) is 1. The van der Waals surface area contributed by atoms with Crippen molar-refractivity contribution in [3.8, 4) is 0 Å². The second-order valence-electron chi connectivity index (χ2n) is 6.15. The average Bonchev–Trinajstić information content (AvgIpc) is 2.76. The Hall–Kier alpha value is -0.0500. The van der Waals surface area contributed by atoms with Crippen LogP contribution in [0.25, 0.3) is 0 Å². The standard InChI is InChI=1S/C11H23N3O2S.HI/c1-10(2,3)14-9(12)13-7-11(5-6-11)8-17(4,15)16;/h5-8H2,1-4H3,(H3,12,13,14);1H. The van der Waals surface area contributed by atoms with E-state index in [1.54, 1.807) is 0 Å². The molecular formula is C11H24IN3O2S. The van der Waals surface area contributed by atoms with E-state index >= 15 is 0 Å². The lowest BCUT2D eigenvalue weighted by atomic mass is 10.1. The number of nitrogens with one attached hydrogen (secondary N) is 1. The second kappa shape index (κ2) is 5.94. The molecule has 18 heavy (non-hydrogen) atoms. The Kier molecular flexibility index (Phi) is 5.92. The number of aliphatic imine (C=N–C) groups is 1. The van der Waals surface area contributed by atoms with Crippen LogP contribution in [-0.4, -0.2) is 38.5 Å². The zero-order valence-electron chi connectivity index (χ0n) is 11.5. The molecule has 0 aliphatic heterocycles. The molecule has 0 aromatic heterocycles. The number of hydrogen-bond acceptors (Lipinski definition) is 3. The molecule has 7 heteroatoms. The molecule has 0 spiro atoms. The van der Waals surface area contributed by atoms with Crippen LogP contribution in [0, 0.1) is 5.41 Å². The number of halogens is 1. The van der Waals surface area contributed by atoms with Crippen LogP contribution < -0.4 is 11.1 Å². The zero-order chi connectivity index (χ0) is 13.3. The van der Waals surface area contributed by atoms with E-state index in [9.17, 15) is 8.42 Å². The van der Waals surface area contributed by atoms with Crippen LogP contribution in [0.3, 0.4) is 0 Å². The molecule has 1 aliphatic carbocycles. The molecule has 5 nitrogen and oxygen atoms in total. The summed E-state index contributed by atoms with van der Waals surface area (Å²) >= 11 is 0. The minimum atomic E-state index is -2.93. The summed E-state index contributed by atoms with van der Waals surface area (Å²) in [7, 11) is -2.93. The maximum absolute atomic E-state index is 11.3. The first kappa shape index (κ1) is 17.9. The van der Waals surface area contributed by atoms with Gasteiger partial charge in [-0.15, -0.1) is 24.0 Å². The highest BCUT2D eigenvalue weighted by Crippen LogP contribution is 2.46. The molecule has 3 N–H and O–H groups in total. The first-order valence-corrected chi connectivity index (χ1v) is 7.83. The normalized spacial score (nSPS) is 19.0. The maximum Gasteiger partial charge on any atom is 0.189 e. The molecule has 0 amide bonds. The van der Waals surface area contributed by atoms with Crippen molar-refractivity contribution >= 4 is 39.8 Å². The fourth-order valence-electron chi connectivity index (χ4n) is 1.76. The van der Waals surface area contributed by atoms with Crippen LogP contribution in [-0.2, 0) is 9.84 Å². The van der Waals surface area contributed by atoms with Gasteiger partial charge in [0.1, 0.15) is 9.84 Å². The summed E-state index contributed by atoms with van der Waals surface area (Å²) < 4.78 is 22.5. The molecule has 1 rings (SSSR count). The van der Waals surface area contributed by atoms with Crippen molar-refractivity contribution in [3.63, 3.8) is 0 Å². The quantitative estimate of drug-likeness (QED) is 0.429. The van der Waals surface area contributed by atoms with E-state index in [4.69, 9.17) is 5.73 Å². The van der Waals surface area contributed by atoms with E-state index < -0.39 is 9.84 Å². The van der Waals surface area contributed by atoms with E-state index in [2.05, 4.69) is 10.3 Å². The van der Waals surface area contributed by atoms with Gasteiger partial charge in [0.2, 0.25) is 0 Å². The van der Waals surface area contributed by atoms with Crippen molar-refractivity contribution in [2.45, 2.75) is 39.2 Å². The Bertz CT molecular complexity index is 408. The van der Waals surface area contributed by atoms with Crippen molar-refractivity contribution in [2.75, 3.05) is 18.6 Å². The largest absolute Gasteiger partial charge is 0.370 e. The SMILES string of the molecule is CC(C)(C)NC(N)=NCC1(CS(C)(=O)=O)CC1.I. The van der Waals surface area contributed by atoms with Gasteiger partial charge >= 0.3 is 0 Å². The Labute approximate surface area is 127 Å². The number of nitrogens with two attached hydrogens (primary N) is 1. The summed E-state index contributed by atoms with van der Waals surface area (Å²) in [5.41, 5.74) is 5.47. The molecule has 1 saturated carbocycles. The smallest absolute Gasteiger partial charge is 0.189 e. The fraction of sp³-hybridized carbons (Fsp3) is 0.909. The van der Waals surface area contributed by atoms with Crippen LogP contribution in [0.15, 0.2) is 4.99 Å². The third-order valence-corrected chi connectivity index (χ3v) is 3.75. The highest BCUT2D eigenvalue weighted by molar-refractivity contribution is 14.0. The highest BCUT2D eigenvalue weighted by Gasteiger charge is 2.45. The summed E-state index contributed by atoms with van der Waals surface area (Å²) in [4.78, 5) is 4.25. The third-order valence-electron chi connectivity index (χ3n) is 2.61. The second-order valence-corrected chi connectivity index (χ2v) is 8.29. The summed E-state index contributed by atoms with van der Waals surface area (Å²) in [5.74, 6) is 0.601. The highest BCUT2D eigenvalue weighted by atomic mass is 127. The molecule has 1 fully saturated rings. The molecule has 0 aromatic rings. The summed E-state index contributed by atoms with van der Waals surface area (Å²) in [6, 6.07) is 0. The van der Waals surface area contributed by atoms with Crippen molar-refractivity contribution in [1.82, 2.24) is 5.32 Å². The van der Waals surface area contributed by atoms with Crippen molar-refractivity contribution in [1.29, 1.82) is 0 Å². The van der Waals surface area contributed by atoms with Crippen LogP contribution in [0.4, 0.5) is 0 Å². The van der Waals surface area contributed by atoms with Gasteiger partial charge in [0.15, 0.2) is 5.96 Å². The predicted molar refractivity (Wildman–Crippen MR) is 86.2 cm³/mol. The lowest BCUT2D eigenvalue weighted by molar-refractivity contribution is 0.503. The minimum Gasteiger partial charge on any atom is -0.370 e. The molecule has 108 valence electrons. The lowest BCUT2D eigenvalue weighted by Gasteiger charge is -2.21. The molecule has 0 heterocycles. The van der Waals surface area contributed by atoms with Crippen LogP contribution in [0.5, 0.6) is 0 Å². The molecule has 0 radical (unpaired) electrons. The van der Waals surface area contributed by atoms with Gasteiger partial charge in [-0.1, -0.05) is 0 Å². The molecule has 0 unspecified atom stereocenters. The Morgan fingerprint density at radius 3 is 2.22 bits per heavy atom. The van der Waals surface area contributed by atoms with Gasteiger partial charge in [-0.3, -0.25) is 4.99 Å². The van der Waals surface area contributed by atoms with Gasteiger partial charge in [0.25, 0.3) is 0 Å². The van der Waals surface area contributed by atoms with Crippen molar-refractivity contribution < 1.29 is 8.42 Å². The number of guanidine groups is 1. The average molecular weight is 389 g/mol. The van der Waals surface area contributed by atoms with E-state index in [1.807, 2.05) is 20.8 Å². The maximum atomic E-state index is 11.3. The molecule has 1 aliphatic rings.